The van der Waals surface area contributed by atoms with Crippen LogP contribution in [0.1, 0.15) is 29.5 Å². The molecule has 16 heavy (non-hydrogen) atoms. The maximum absolute atomic E-state index is 5.99. The third-order valence-electron chi connectivity index (χ3n) is 3.39. The zero-order valence-corrected chi connectivity index (χ0v) is 10.3. The largest absolute Gasteiger partial charge is 0.373 e. The van der Waals surface area contributed by atoms with E-state index in [1.807, 2.05) is 0 Å². The summed E-state index contributed by atoms with van der Waals surface area (Å²) in [5.41, 5.74) is 4.05. The summed E-state index contributed by atoms with van der Waals surface area (Å²) < 4.78 is 5.99. The molecule has 1 aromatic carbocycles. The standard InChI is InChI=1S/C14H21NO/c1-11-4-3-5-12(2)14(11)10-16-13-6-8-15-9-7-13/h3-5,13,15H,6-10H2,1-2H3. The molecule has 1 saturated heterocycles. The second-order valence-corrected chi connectivity index (χ2v) is 4.63. The lowest BCUT2D eigenvalue weighted by molar-refractivity contribution is 0.0208. The first-order valence-corrected chi connectivity index (χ1v) is 6.15. The molecule has 1 heterocycles. The van der Waals surface area contributed by atoms with Crippen molar-refractivity contribution in [2.24, 2.45) is 0 Å². The number of piperidine rings is 1. The number of hydrogen-bond acceptors (Lipinski definition) is 2. The molecule has 1 aromatic rings. The molecule has 2 nitrogen and oxygen atoms in total. The predicted molar refractivity (Wildman–Crippen MR) is 66.6 cm³/mol. The number of nitrogens with one attached hydrogen (secondary N) is 1. The molecule has 1 aliphatic rings. The topological polar surface area (TPSA) is 21.3 Å². The smallest absolute Gasteiger partial charge is 0.0725 e. The van der Waals surface area contributed by atoms with Crippen molar-refractivity contribution in [2.45, 2.75) is 39.4 Å². The minimum atomic E-state index is 0.445. The van der Waals surface area contributed by atoms with Gasteiger partial charge in [0.1, 0.15) is 0 Å². The number of aryl methyl sites for hydroxylation is 2. The second kappa shape index (κ2) is 5.46. The van der Waals surface area contributed by atoms with Gasteiger partial charge in [0.25, 0.3) is 0 Å². The van der Waals surface area contributed by atoms with Crippen LogP contribution in [0.2, 0.25) is 0 Å². The minimum Gasteiger partial charge on any atom is -0.373 e. The van der Waals surface area contributed by atoms with Crippen LogP contribution in [0.15, 0.2) is 18.2 Å². The molecule has 1 fully saturated rings. The van der Waals surface area contributed by atoms with Gasteiger partial charge >= 0.3 is 0 Å². The summed E-state index contributed by atoms with van der Waals surface area (Å²) in [6.45, 7) is 7.28. The Morgan fingerprint density at radius 2 is 1.81 bits per heavy atom. The molecular formula is C14H21NO. The van der Waals surface area contributed by atoms with Crippen LogP contribution < -0.4 is 5.32 Å². The molecule has 0 spiro atoms. The van der Waals surface area contributed by atoms with E-state index < -0.39 is 0 Å². The highest BCUT2D eigenvalue weighted by Crippen LogP contribution is 2.17. The van der Waals surface area contributed by atoms with E-state index in [-0.39, 0.29) is 0 Å². The van der Waals surface area contributed by atoms with E-state index in [2.05, 4.69) is 37.4 Å². The van der Waals surface area contributed by atoms with Crippen LogP contribution in [0.25, 0.3) is 0 Å². The Kier molecular flexibility index (Phi) is 3.97. The lowest BCUT2D eigenvalue weighted by Gasteiger charge is -2.23. The summed E-state index contributed by atoms with van der Waals surface area (Å²) >= 11 is 0. The average molecular weight is 219 g/mol. The van der Waals surface area contributed by atoms with Crippen LogP contribution in [-0.2, 0) is 11.3 Å². The van der Waals surface area contributed by atoms with E-state index in [0.29, 0.717) is 6.10 Å². The van der Waals surface area contributed by atoms with Gasteiger partial charge in [-0.3, -0.25) is 0 Å². The second-order valence-electron chi connectivity index (χ2n) is 4.63. The van der Waals surface area contributed by atoms with Crippen LogP contribution in [0.3, 0.4) is 0 Å². The van der Waals surface area contributed by atoms with Gasteiger partial charge in [-0.25, -0.2) is 0 Å². The van der Waals surface area contributed by atoms with Crippen molar-refractivity contribution < 1.29 is 4.74 Å². The predicted octanol–water partition coefficient (Wildman–Crippen LogP) is 2.57. The summed E-state index contributed by atoms with van der Waals surface area (Å²) in [7, 11) is 0. The van der Waals surface area contributed by atoms with Gasteiger partial charge in [0.05, 0.1) is 12.7 Å². The Balaban J connectivity index is 1.93. The SMILES string of the molecule is Cc1cccc(C)c1COC1CCNCC1. The summed E-state index contributed by atoms with van der Waals surface area (Å²) in [6, 6.07) is 6.43. The van der Waals surface area contributed by atoms with Crippen LogP contribution in [0, 0.1) is 13.8 Å². The van der Waals surface area contributed by atoms with E-state index in [1.54, 1.807) is 0 Å². The van der Waals surface area contributed by atoms with Crippen molar-refractivity contribution in [3.63, 3.8) is 0 Å². The zero-order valence-electron chi connectivity index (χ0n) is 10.3. The van der Waals surface area contributed by atoms with E-state index in [9.17, 15) is 0 Å². The molecule has 0 radical (unpaired) electrons. The highest BCUT2D eigenvalue weighted by molar-refractivity contribution is 5.32. The Bertz CT molecular complexity index is 322. The van der Waals surface area contributed by atoms with E-state index in [0.717, 1.165) is 32.5 Å². The van der Waals surface area contributed by atoms with Gasteiger partial charge in [-0.1, -0.05) is 18.2 Å². The molecule has 0 unspecified atom stereocenters. The fourth-order valence-electron chi connectivity index (χ4n) is 2.24. The Labute approximate surface area is 98.0 Å². The highest BCUT2D eigenvalue weighted by atomic mass is 16.5. The molecule has 1 aliphatic heterocycles. The van der Waals surface area contributed by atoms with E-state index in [4.69, 9.17) is 4.74 Å². The van der Waals surface area contributed by atoms with Crippen LogP contribution in [0.4, 0.5) is 0 Å². The number of hydrogen-bond donors (Lipinski definition) is 1. The molecule has 0 aromatic heterocycles. The van der Waals surface area contributed by atoms with E-state index in [1.165, 1.54) is 16.7 Å². The molecule has 0 bridgehead atoms. The molecule has 0 atom stereocenters. The summed E-state index contributed by atoms with van der Waals surface area (Å²) in [5, 5.41) is 3.36. The Morgan fingerprint density at radius 3 is 2.44 bits per heavy atom. The number of benzene rings is 1. The molecule has 0 saturated carbocycles. The molecular weight excluding hydrogens is 198 g/mol. The quantitative estimate of drug-likeness (QED) is 0.843. The number of ether oxygens (including phenoxy) is 1. The fourth-order valence-corrected chi connectivity index (χ4v) is 2.24. The van der Waals surface area contributed by atoms with Gasteiger partial charge in [0.2, 0.25) is 0 Å². The Hall–Kier alpha value is -0.860. The Morgan fingerprint density at radius 1 is 1.19 bits per heavy atom. The van der Waals surface area contributed by atoms with Gasteiger partial charge in [-0.15, -0.1) is 0 Å². The van der Waals surface area contributed by atoms with Crippen molar-refractivity contribution in [3.8, 4) is 0 Å². The van der Waals surface area contributed by atoms with Crippen molar-refractivity contribution >= 4 is 0 Å². The lowest BCUT2D eigenvalue weighted by Crippen LogP contribution is -2.32. The minimum absolute atomic E-state index is 0.445. The molecule has 2 heteroatoms. The fraction of sp³-hybridized carbons (Fsp3) is 0.571. The van der Waals surface area contributed by atoms with Crippen molar-refractivity contribution in [3.05, 3.63) is 34.9 Å². The lowest BCUT2D eigenvalue weighted by atomic mass is 10.0. The molecule has 1 N–H and O–H groups in total. The van der Waals surface area contributed by atoms with Gasteiger partial charge in [-0.05, 0) is 56.5 Å². The summed E-state index contributed by atoms with van der Waals surface area (Å²) in [4.78, 5) is 0. The molecule has 88 valence electrons. The molecule has 0 aliphatic carbocycles. The van der Waals surface area contributed by atoms with Crippen molar-refractivity contribution in [1.29, 1.82) is 0 Å². The van der Waals surface area contributed by atoms with Crippen LogP contribution in [-0.4, -0.2) is 19.2 Å². The average Bonchev–Trinajstić information content (AvgIpc) is 2.30. The van der Waals surface area contributed by atoms with Gasteiger partial charge in [-0.2, -0.15) is 0 Å². The first-order chi connectivity index (χ1) is 7.77. The van der Waals surface area contributed by atoms with Gasteiger partial charge < -0.3 is 10.1 Å². The number of rotatable bonds is 3. The summed E-state index contributed by atoms with van der Waals surface area (Å²) in [5.74, 6) is 0. The van der Waals surface area contributed by atoms with Crippen molar-refractivity contribution in [2.75, 3.05) is 13.1 Å². The van der Waals surface area contributed by atoms with E-state index >= 15 is 0 Å². The third kappa shape index (κ3) is 2.83. The maximum Gasteiger partial charge on any atom is 0.0725 e. The van der Waals surface area contributed by atoms with Crippen LogP contribution in [0.5, 0.6) is 0 Å². The van der Waals surface area contributed by atoms with Gasteiger partial charge in [0.15, 0.2) is 0 Å². The first-order valence-electron chi connectivity index (χ1n) is 6.15. The van der Waals surface area contributed by atoms with Crippen molar-refractivity contribution in [1.82, 2.24) is 5.32 Å². The normalized spacial score (nSPS) is 17.6. The third-order valence-corrected chi connectivity index (χ3v) is 3.39. The van der Waals surface area contributed by atoms with Crippen LogP contribution >= 0.6 is 0 Å². The monoisotopic (exact) mass is 219 g/mol. The maximum atomic E-state index is 5.99. The summed E-state index contributed by atoms with van der Waals surface area (Å²) in [6.07, 6.45) is 2.73. The molecule has 0 amide bonds. The molecule has 2 rings (SSSR count). The first kappa shape index (κ1) is 11.6. The zero-order chi connectivity index (χ0) is 11.4. The van der Waals surface area contributed by atoms with Gasteiger partial charge in [0, 0.05) is 0 Å². The highest BCUT2D eigenvalue weighted by Gasteiger charge is 2.14.